The number of rotatable bonds is 6. The molecule has 2 rings (SSSR count). The first kappa shape index (κ1) is 15.7. The summed E-state index contributed by atoms with van der Waals surface area (Å²) in [5, 5.41) is 14.6. The lowest BCUT2D eigenvalue weighted by Gasteiger charge is -2.40. The van der Waals surface area contributed by atoms with Crippen molar-refractivity contribution in [3.63, 3.8) is 0 Å². The Balaban J connectivity index is 1.91. The molecule has 1 aromatic rings. The standard InChI is InChI=1S/C15H20N2O3S/c1-21-15(8-5-9-15)10-16-14(20)17-12(13(18)19)11-6-3-2-4-7-11/h2-4,6-7,12H,5,8-10H2,1H3,(H,18,19)(H2,16,17,20)/t12-/m0/s1. The minimum Gasteiger partial charge on any atom is -0.479 e. The average Bonchev–Trinajstić information content (AvgIpc) is 2.44. The molecule has 0 spiro atoms. The van der Waals surface area contributed by atoms with Gasteiger partial charge in [-0.3, -0.25) is 0 Å². The number of nitrogens with one attached hydrogen (secondary N) is 2. The third-order valence-electron chi connectivity index (χ3n) is 3.92. The molecular weight excluding hydrogens is 288 g/mol. The van der Waals surface area contributed by atoms with Crippen molar-refractivity contribution in [3.05, 3.63) is 35.9 Å². The maximum absolute atomic E-state index is 11.9. The summed E-state index contributed by atoms with van der Waals surface area (Å²) in [6.07, 6.45) is 5.42. The molecule has 1 saturated carbocycles. The van der Waals surface area contributed by atoms with E-state index in [1.165, 1.54) is 6.42 Å². The Bertz CT molecular complexity index is 497. The van der Waals surface area contributed by atoms with Crippen LogP contribution in [0.25, 0.3) is 0 Å². The van der Waals surface area contributed by atoms with Crippen molar-refractivity contribution in [3.8, 4) is 0 Å². The molecular formula is C15H20N2O3S. The number of amides is 2. The smallest absolute Gasteiger partial charge is 0.330 e. The van der Waals surface area contributed by atoms with E-state index in [0.29, 0.717) is 12.1 Å². The molecule has 114 valence electrons. The van der Waals surface area contributed by atoms with Gasteiger partial charge in [0.2, 0.25) is 0 Å². The third kappa shape index (κ3) is 3.91. The van der Waals surface area contributed by atoms with Crippen LogP contribution in [0.4, 0.5) is 4.79 Å². The van der Waals surface area contributed by atoms with Crippen molar-refractivity contribution < 1.29 is 14.7 Å². The summed E-state index contributed by atoms with van der Waals surface area (Å²) in [6, 6.07) is 7.22. The summed E-state index contributed by atoms with van der Waals surface area (Å²) in [5.74, 6) is -1.07. The number of urea groups is 1. The molecule has 0 aliphatic heterocycles. The van der Waals surface area contributed by atoms with Crippen LogP contribution in [0.1, 0.15) is 30.9 Å². The number of carbonyl (C=O) groups excluding carboxylic acids is 1. The molecule has 5 nitrogen and oxygen atoms in total. The normalized spacial score (nSPS) is 17.4. The lowest BCUT2D eigenvalue weighted by molar-refractivity contribution is -0.139. The molecule has 6 heteroatoms. The van der Waals surface area contributed by atoms with Gasteiger partial charge in [-0.1, -0.05) is 36.8 Å². The van der Waals surface area contributed by atoms with Crippen LogP contribution in [0, 0.1) is 0 Å². The zero-order valence-electron chi connectivity index (χ0n) is 12.0. The van der Waals surface area contributed by atoms with Crippen molar-refractivity contribution >= 4 is 23.8 Å². The number of hydrogen-bond acceptors (Lipinski definition) is 3. The van der Waals surface area contributed by atoms with Crippen molar-refractivity contribution in [1.82, 2.24) is 10.6 Å². The number of carboxylic acid groups (broad SMARTS) is 1. The van der Waals surface area contributed by atoms with Crippen LogP contribution in [0.3, 0.4) is 0 Å². The van der Waals surface area contributed by atoms with E-state index in [9.17, 15) is 14.7 Å². The first-order valence-electron chi connectivity index (χ1n) is 6.94. The Morgan fingerprint density at radius 3 is 2.48 bits per heavy atom. The van der Waals surface area contributed by atoms with Crippen LogP contribution in [-0.4, -0.2) is 34.7 Å². The second-order valence-corrected chi connectivity index (χ2v) is 6.52. The largest absolute Gasteiger partial charge is 0.479 e. The fraction of sp³-hybridized carbons (Fsp3) is 0.467. The molecule has 1 aliphatic carbocycles. The Hall–Kier alpha value is -1.69. The molecule has 1 aromatic carbocycles. The van der Waals surface area contributed by atoms with Crippen LogP contribution in [0.2, 0.25) is 0 Å². The first-order chi connectivity index (χ1) is 10.1. The number of hydrogen-bond donors (Lipinski definition) is 3. The SMILES string of the molecule is CSC1(CNC(=O)N[C@H](C(=O)O)c2ccccc2)CCC1. The van der Waals surface area contributed by atoms with Gasteiger partial charge in [0.15, 0.2) is 6.04 Å². The Morgan fingerprint density at radius 1 is 1.33 bits per heavy atom. The van der Waals surface area contributed by atoms with Crippen LogP contribution < -0.4 is 10.6 Å². The van der Waals surface area contributed by atoms with Crippen molar-refractivity contribution in [2.24, 2.45) is 0 Å². The van der Waals surface area contributed by atoms with Crippen molar-refractivity contribution in [2.45, 2.75) is 30.1 Å². The molecule has 0 unspecified atom stereocenters. The Morgan fingerprint density at radius 2 is 2.00 bits per heavy atom. The lowest BCUT2D eigenvalue weighted by Crippen LogP contribution is -2.49. The molecule has 1 atom stereocenters. The van der Waals surface area contributed by atoms with Crippen molar-refractivity contribution in [1.29, 1.82) is 0 Å². The van der Waals surface area contributed by atoms with Gasteiger partial charge in [0.25, 0.3) is 0 Å². The van der Waals surface area contributed by atoms with E-state index in [4.69, 9.17) is 0 Å². The topological polar surface area (TPSA) is 78.4 Å². The summed E-state index contributed by atoms with van der Waals surface area (Å²) in [7, 11) is 0. The predicted octanol–water partition coefficient (Wildman–Crippen LogP) is 2.40. The van der Waals surface area contributed by atoms with E-state index in [0.717, 1.165) is 12.8 Å². The summed E-state index contributed by atoms with van der Waals surface area (Å²) in [6.45, 7) is 0.571. The van der Waals surface area contributed by atoms with Gasteiger partial charge in [-0.05, 0) is 24.7 Å². The van der Waals surface area contributed by atoms with Gasteiger partial charge in [0, 0.05) is 11.3 Å². The number of aliphatic carboxylic acids is 1. The van der Waals surface area contributed by atoms with E-state index >= 15 is 0 Å². The van der Waals surface area contributed by atoms with Gasteiger partial charge in [0.1, 0.15) is 0 Å². The molecule has 0 saturated heterocycles. The molecule has 0 bridgehead atoms. The highest BCUT2D eigenvalue weighted by molar-refractivity contribution is 8.00. The Kier molecular flexibility index (Phi) is 5.12. The number of carbonyl (C=O) groups is 2. The van der Waals surface area contributed by atoms with E-state index in [1.807, 2.05) is 6.26 Å². The molecule has 2 amide bonds. The van der Waals surface area contributed by atoms with Crippen LogP contribution >= 0.6 is 11.8 Å². The van der Waals surface area contributed by atoms with Gasteiger partial charge >= 0.3 is 12.0 Å². The highest BCUT2D eigenvalue weighted by Crippen LogP contribution is 2.42. The predicted molar refractivity (Wildman–Crippen MR) is 83.5 cm³/mol. The van der Waals surface area contributed by atoms with Crippen LogP contribution in [0.5, 0.6) is 0 Å². The van der Waals surface area contributed by atoms with Gasteiger partial charge in [-0.25, -0.2) is 9.59 Å². The molecule has 0 heterocycles. The van der Waals surface area contributed by atoms with E-state index in [2.05, 4.69) is 10.6 Å². The minimum absolute atomic E-state index is 0.128. The minimum atomic E-state index is -1.07. The summed E-state index contributed by atoms with van der Waals surface area (Å²) < 4.78 is 0.128. The summed E-state index contributed by atoms with van der Waals surface area (Å²) in [4.78, 5) is 23.3. The molecule has 3 N–H and O–H groups in total. The van der Waals surface area contributed by atoms with Crippen molar-refractivity contribution in [2.75, 3.05) is 12.8 Å². The zero-order valence-corrected chi connectivity index (χ0v) is 12.8. The maximum atomic E-state index is 11.9. The molecule has 21 heavy (non-hydrogen) atoms. The fourth-order valence-electron chi connectivity index (χ4n) is 2.38. The van der Waals surface area contributed by atoms with Gasteiger partial charge in [-0.15, -0.1) is 0 Å². The fourth-order valence-corrected chi connectivity index (χ4v) is 3.29. The number of benzene rings is 1. The van der Waals surface area contributed by atoms with Crippen LogP contribution in [0.15, 0.2) is 30.3 Å². The quantitative estimate of drug-likeness (QED) is 0.754. The number of thioether (sulfide) groups is 1. The second kappa shape index (κ2) is 6.85. The third-order valence-corrected chi connectivity index (χ3v) is 5.34. The molecule has 0 radical (unpaired) electrons. The lowest BCUT2D eigenvalue weighted by atomic mass is 9.84. The van der Waals surface area contributed by atoms with Gasteiger partial charge < -0.3 is 15.7 Å². The highest BCUT2D eigenvalue weighted by atomic mass is 32.2. The van der Waals surface area contributed by atoms with E-state index < -0.39 is 18.0 Å². The molecule has 1 fully saturated rings. The van der Waals surface area contributed by atoms with Gasteiger partial charge in [0.05, 0.1) is 0 Å². The first-order valence-corrected chi connectivity index (χ1v) is 8.16. The number of carboxylic acids is 1. The van der Waals surface area contributed by atoms with E-state index in [1.54, 1.807) is 42.1 Å². The zero-order chi connectivity index (χ0) is 15.3. The molecule has 0 aromatic heterocycles. The summed E-state index contributed by atoms with van der Waals surface area (Å²) >= 11 is 1.76. The summed E-state index contributed by atoms with van der Waals surface area (Å²) in [5.41, 5.74) is 0.559. The monoisotopic (exact) mass is 308 g/mol. The maximum Gasteiger partial charge on any atom is 0.330 e. The average molecular weight is 308 g/mol. The van der Waals surface area contributed by atoms with E-state index in [-0.39, 0.29) is 4.75 Å². The second-order valence-electron chi connectivity index (χ2n) is 5.25. The Labute approximate surface area is 128 Å². The molecule has 1 aliphatic rings. The highest BCUT2D eigenvalue weighted by Gasteiger charge is 2.36. The van der Waals surface area contributed by atoms with Gasteiger partial charge in [-0.2, -0.15) is 11.8 Å². The van der Waals surface area contributed by atoms with Crippen LogP contribution in [-0.2, 0) is 4.79 Å².